The summed E-state index contributed by atoms with van der Waals surface area (Å²) in [6.45, 7) is 0.366. The summed E-state index contributed by atoms with van der Waals surface area (Å²) in [4.78, 5) is 10.1. The third-order valence-corrected chi connectivity index (χ3v) is 4.20. The van der Waals surface area contributed by atoms with Crippen LogP contribution in [0.4, 0.5) is 24.9 Å². The van der Waals surface area contributed by atoms with Crippen molar-refractivity contribution in [3.8, 4) is 0 Å². The van der Waals surface area contributed by atoms with Crippen LogP contribution in [0, 0.1) is 0 Å². The van der Waals surface area contributed by atoms with Crippen molar-refractivity contribution in [2.24, 2.45) is 0 Å². The van der Waals surface area contributed by atoms with Gasteiger partial charge in [-0.3, -0.25) is 0 Å². The van der Waals surface area contributed by atoms with Crippen molar-refractivity contribution in [3.63, 3.8) is 0 Å². The number of hydrogen-bond acceptors (Lipinski definition) is 5. The van der Waals surface area contributed by atoms with Crippen molar-refractivity contribution >= 4 is 39.0 Å². The van der Waals surface area contributed by atoms with E-state index in [-0.39, 0.29) is 11.8 Å². The Labute approximate surface area is 132 Å². The summed E-state index contributed by atoms with van der Waals surface area (Å²) < 4.78 is 39.4. The highest BCUT2D eigenvalue weighted by atomic mass is 79.9. The van der Waals surface area contributed by atoms with E-state index in [2.05, 4.69) is 31.2 Å². The maximum Gasteiger partial charge on any atom is 0.433 e. The molecule has 2 rings (SSSR count). The van der Waals surface area contributed by atoms with Gasteiger partial charge in [0.2, 0.25) is 5.95 Å². The second-order valence-corrected chi connectivity index (χ2v) is 6.32. The first-order valence-electron chi connectivity index (χ1n) is 5.86. The first-order chi connectivity index (χ1) is 9.75. The quantitative estimate of drug-likeness (QED) is 0.870. The number of aromatic nitrogens is 2. The molecule has 9 heteroatoms. The van der Waals surface area contributed by atoms with Crippen LogP contribution in [0.2, 0.25) is 0 Å². The average molecular weight is 381 g/mol. The Kier molecular flexibility index (Phi) is 4.72. The lowest BCUT2D eigenvalue weighted by Gasteiger charge is -2.15. The molecular weight excluding hydrogens is 369 g/mol. The predicted molar refractivity (Wildman–Crippen MR) is 80.7 cm³/mol. The molecule has 0 radical (unpaired) electrons. The Hall–Kier alpha value is -1.35. The number of nitrogens with zero attached hydrogens (tertiary/aromatic N) is 3. The van der Waals surface area contributed by atoms with Gasteiger partial charge in [0.15, 0.2) is 5.69 Å². The lowest BCUT2D eigenvalue weighted by molar-refractivity contribution is -0.141. The Morgan fingerprint density at radius 1 is 1.29 bits per heavy atom. The van der Waals surface area contributed by atoms with Crippen LogP contribution in [-0.4, -0.2) is 24.1 Å². The van der Waals surface area contributed by atoms with Gasteiger partial charge >= 0.3 is 6.18 Å². The summed E-state index contributed by atoms with van der Waals surface area (Å²) in [6.07, 6.45) is -4.50. The van der Waals surface area contributed by atoms with Gasteiger partial charge in [-0.1, -0.05) is 0 Å². The molecule has 4 nitrogen and oxygen atoms in total. The minimum absolute atomic E-state index is 0.0435. The molecule has 2 aromatic heterocycles. The lowest BCUT2D eigenvalue weighted by Crippen LogP contribution is -2.17. The maximum absolute atomic E-state index is 12.8. The zero-order valence-electron chi connectivity index (χ0n) is 11.2. The van der Waals surface area contributed by atoms with E-state index in [1.54, 1.807) is 14.1 Å². The minimum atomic E-state index is -4.50. The minimum Gasteiger partial charge on any atom is -0.363 e. The average Bonchev–Trinajstić information content (AvgIpc) is 2.81. The molecule has 0 amide bonds. The Morgan fingerprint density at radius 2 is 2.00 bits per heavy atom. The third-order valence-electron chi connectivity index (χ3n) is 2.50. The fourth-order valence-corrected chi connectivity index (χ4v) is 2.89. The summed E-state index contributed by atoms with van der Waals surface area (Å²) >= 11 is 4.81. The van der Waals surface area contributed by atoms with Crippen LogP contribution in [-0.2, 0) is 12.7 Å². The first kappa shape index (κ1) is 16.0. The SMILES string of the molecule is CN(C)c1cc(C(F)(F)F)nc(NCc2cc(Br)cs2)n1. The van der Waals surface area contributed by atoms with Crippen LogP contribution < -0.4 is 10.2 Å². The molecule has 0 aliphatic heterocycles. The first-order valence-corrected chi connectivity index (χ1v) is 7.53. The molecule has 0 aromatic carbocycles. The van der Waals surface area contributed by atoms with Crippen LogP contribution in [0.5, 0.6) is 0 Å². The number of hydrogen-bond donors (Lipinski definition) is 1. The second-order valence-electron chi connectivity index (χ2n) is 4.41. The number of rotatable bonds is 4. The topological polar surface area (TPSA) is 41.1 Å². The van der Waals surface area contributed by atoms with Crippen molar-refractivity contribution in [2.75, 3.05) is 24.3 Å². The lowest BCUT2D eigenvalue weighted by atomic mass is 10.3. The molecule has 0 fully saturated rings. The molecule has 2 aromatic rings. The smallest absolute Gasteiger partial charge is 0.363 e. The van der Waals surface area contributed by atoms with Gasteiger partial charge in [-0.05, 0) is 22.0 Å². The van der Waals surface area contributed by atoms with Crippen molar-refractivity contribution in [2.45, 2.75) is 12.7 Å². The van der Waals surface area contributed by atoms with Gasteiger partial charge in [0.05, 0.1) is 6.54 Å². The molecule has 0 saturated carbocycles. The molecule has 0 saturated heterocycles. The van der Waals surface area contributed by atoms with Gasteiger partial charge in [-0.25, -0.2) is 4.98 Å². The van der Waals surface area contributed by atoms with Crippen LogP contribution >= 0.6 is 27.3 Å². The van der Waals surface area contributed by atoms with Crippen LogP contribution in [0.3, 0.4) is 0 Å². The van der Waals surface area contributed by atoms with E-state index >= 15 is 0 Å². The molecule has 114 valence electrons. The molecule has 21 heavy (non-hydrogen) atoms. The molecule has 0 spiro atoms. The molecular formula is C12H12BrF3N4S. The third kappa shape index (κ3) is 4.31. The molecule has 0 atom stereocenters. The van der Waals surface area contributed by atoms with Crippen LogP contribution in [0.25, 0.3) is 0 Å². The Morgan fingerprint density at radius 3 is 2.52 bits per heavy atom. The molecule has 0 unspecified atom stereocenters. The van der Waals surface area contributed by atoms with E-state index in [1.807, 2.05) is 11.4 Å². The second kappa shape index (κ2) is 6.18. The number of anilines is 2. The molecule has 1 N–H and O–H groups in total. The fourth-order valence-electron chi connectivity index (χ4n) is 1.50. The molecule has 0 aliphatic carbocycles. The standard InChI is InChI=1S/C12H12BrF3N4S/c1-20(2)10-4-9(12(14,15)16)18-11(19-10)17-5-8-3-7(13)6-21-8/h3-4,6H,5H2,1-2H3,(H,17,18,19). The van der Waals surface area contributed by atoms with Crippen LogP contribution in [0.1, 0.15) is 10.6 Å². The van der Waals surface area contributed by atoms with E-state index in [1.165, 1.54) is 16.2 Å². The Bertz CT molecular complexity index is 627. The van der Waals surface area contributed by atoms with Gasteiger partial charge < -0.3 is 10.2 Å². The van der Waals surface area contributed by atoms with Crippen molar-refractivity contribution in [3.05, 3.63) is 32.6 Å². The van der Waals surface area contributed by atoms with Crippen molar-refractivity contribution in [1.82, 2.24) is 9.97 Å². The van der Waals surface area contributed by atoms with E-state index in [4.69, 9.17) is 0 Å². The van der Waals surface area contributed by atoms with Crippen molar-refractivity contribution in [1.29, 1.82) is 0 Å². The van der Waals surface area contributed by atoms with Gasteiger partial charge in [-0.15, -0.1) is 11.3 Å². The zero-order valence-corrected chi connectivity index (χ0v) is 13.6. The summed E-state index contributed by atoms with van der Waals surface area (Å²) in [5.41, 5.74) is -0.962. The summed E-state index contributed by atoms with van der Waals surface area (Å²) in [7, 11) is 3.26. The van der Waals surface area contributed by atoms with Gasteiger partial charge in [0, 0.05) is 34.9 Å². The zero-order chi connectivity index (χ0) is 15.6. The van der Waals surface area contributed by atoms with Crippen molar-refractivity contribution < 1.29 is 13.2 Å². The van der Waals surface area contributed by atoms with E-state index in [9.17, 15) is 13.2 Å². The summed E-state index contributed by atoms with van der Waals surface area (Å²) in [5.74, 6) is 0.158. The highest BCUT2D eigenvalue weighted by Gasteiger charge is 2.34. The Balaban J connectivity index is 2.23. The number of halogens is 4. The summed E-state index contributed by atoms with van der Waals surface area (Å²) in [5, 5.41) is 4.72. The maximum atomic E-state index is 12.8. The summed E-state index contributed by atoms with van der Waals surface area (Å²) in [6, 6.07) is 2.81. The highest BCUT2D eigenvalue weighted by Crippen LogP contribution is 2.30. The number of alkyl halides is 3. The number of nitrogens with one attached hydrogen (secondary N) is 1. The van der Waals surface area contributed by atoms with Gasteiger partial charge in [-0.2, -0.15) is 18.2 Å². The number of thiophene rings is 1. The highest BCUT2D eigenvalue weighted by molar-refractivity contribution is 9.10. The predicted octanol–water partition coefficient (Wildman–Crippen LogP) is 4.00. The fraction of sp³-hybridized carbons (Fsp3) is 0.333. The van der Waals surface area contributed by atoms with Gasteiger partial charge in [0.1, 0.15) is 5.82 Å². The monoisotopic (exact) mass is 380 g/mol. The largest absolute Gasteiger partial charge is 0.433 e. The molecule has 0 bridgehead atoms. The van der Waals surface area contributed by atoms with Crippen LogP contribution in [0.15, 0.2) is 22.0 Å². The molecule has 2 heterocycles. The normalized spacial score (nSPS) is 11.5. The van der Waals surface area contributed by atoms with E-state index in [0.29, 0.717) is 6.54 Å². The van der Waals surface area contributed by atoms with E-state index in [0.717, 1.165) is 15.4 Å². The van der Waals surface area contributed by atoms with Gasteiger partial charge in [0.25, 0.3) is 0 Å². The van der Waals surface area contributed by atoms with E-state index < -0.39 is 11.9 Å². The molecule has 0 aliphatic rings.